The van der Waals surface area contributed by atoms with Crippen LogP contribution in [0.25, 0.3) is 38.5 Å². The van der Waals surface area contributed by atoms with Crippen molar-refractivity contribution in [2.24, 2.45) is 18.9 Å². The summed E-state index contributed by atoms with van der Waals surface area (Å²) in [6, 6.07) is 18.0. The minimum Gasteiger partial charge on any atom is -0.252 e. The molecule has 3 heteroatoms. The van der Waals surface area contributed by atoms with E-state index >= 15 is 0 Å². The highest BCUT2D eigenvalue weighted by Crippen LogP contribution is 2.33. The minimum atomic E-state index is 0.589. The molecule has 0 saturated heterocycles. The number of hydrogen-bond donors (Lipinski definition) is 0. The van der Waals surface area contributed by atoms with Crippen molar-refractivity contribution in [2.45, 2.75) is 47.5 Å². The Balaban J connectivity index is 1.98. The molecule has 158 valence electrons. The first-order valence-corrected chi connectivity index (χ1v) is 11.5. The molecule has 0 saturated carbocycles. The van der Waals surface area contributed by atoms with E-state index in [9.17, 15) is 0 Å². The van der Waals surface area contributed by atoms with Crippen LogP contribution in [-0.2, 0) is 19.9 Å². The zero-order valence-corrected chi connectivity index (χ0v) is 19.5. The summed E-state index contributed by atoms with van der Waals surface area (Å²) in [5.74, 6) is 1.23. The van der Waals surface area contributed by atoms with Gasteiger partial charge in [-0.2, -0.15) is 4.40 Å². The third-order valence-corrected chi connectivity index (χ3v) is 6.33. The van der Waals surface area contributed by atoms with E-state index in [1.807, 2.05) is 0 Å². The summed E-state index contributed by atoms with van der Waals surface area (Å²) < 4.78 is 4.80. The average Bonchev–Trinajstić information content (AvgIpc) is 2.99. The molecule has 0 fully saturated rings. The summed E-state index contributed by atoms with van der Waals surface area (Å²) in [5, 5.41) is 2.49. The van der Waals surface area contributed by atoms with Gasteiger partial charge in [0.25, 0.3) is 5.65 Å². The zero-order valence-electron chi connectivity index (χ0n) is 19.5. The van der Waals surface area contributed by atoms with Gasteiger partial charge in [0, 0.05) is 11.1 Å². The van der Waals surface area contributed by atoms with Gasteiger partial charge < -0.3 is 0 Å². The number of para-hydroxylation sites is 1. The molecular weight excluding hydrogens is 378 g/mol. The quantitative estimate of drug-likeness (QED) is 0.251. The summed E-state index contributed by atoms with van der Waals surface area (Å²) in [5.41, 5.74) is 10.0. The molecule has 2 aromatic carbocycles. The summed E-state index contributed by atoms with van der Waals surface area (Å²) in [7, 11) is 2.19. The highest BCUT2D eigenvalue weighted by molar-refractivity contribution is 6.11. The van der Waals surface area contributed by atoms with Crippen molar-refractivity contribution >= 4 is 38.5 Å². The summed E-state index contributed by atoms with van der Waals surface area (Å²) in [4.78, 5) is 5.20. The van der Waals surface area contributed by atoms with Crippen LogP contribution in [0.1, 0.15) is 44.5 Å². The summed E-state index contributed by atoms with van der Waals surface area (Å²) >= 11 is 0. The summed E-state index contributed by atoms with van der Waals surface area (Å²) in [6.07, 6.45) is 2.10. The number of aryl methyl sites for hydroxylation is 2. The first kappa shape index (κ1) is 20.0. The molecule has 0 atom stereocenters. The molecule has 0 spiro atoms. The predicted molar refractivity (Wildman–Crippen MR) is 131 cm³/mol. The molecule has 31 heavy (non-hydrogen) atoms. The molecule has 3 nitrogen and oxygen atoms in total. The average molecular weight is 411 g/mol. The van der Waals surface area contributed by atoms with Gasteiger partial charge in [0.05, 0.1) is 18.0 Å². The van der Waals surface area contributed by atoms with Crippen molar-refractivity contribution in [1.82, 2.24) is 9.38 Å². The molecule has 0 aliphatic rings. The highest BCUT2D eigenvalue weighted by Gasteiger charge is 2.25. The monoisotopic (exact) mass is 410 g/mol. The van der Waals surface area contributed by atoms with Gasteiger partial charge in [-0.05, 0) is 73.1 Å². The third kappa shape index (κ3) is 3.18. The molecule has 5 rings (SSSR count). The van der Waals surface area contributed by atoms with Crippen LogP contribution in [0, 0.1) is 18.8 Å². The van der Waals surface area contributed by atoms with E-state index in [0.29, 0.717) is 11.8 Å². The Morgan fingerprint density at radius 1 is 0.903 bits per heavy atom. The van der Waals surface area contributed by atoms with Gasteiger partial charge in [-0.15, -0.1) is 0 Å². The van der Waals surface area contributed by atoms with Gasteiger partial charge in [-0.25, -0.2) is 4.57 Å². The first-order chi connectivity index (χ1) is 14.8. The van der Waals surface area contributed by atoms with Gasteiger partial charge >= 0.3 is 0 Å². The molecular formula is C28H32N3+. The van der Waals surface area contributed by atoms with Crippen LogP contribution in [-0.4, -0.2) is 9.38 Å². The number of nitrogens with zero attached hydrogens (tertiary/aromatic N) is 3. The number of benzene rings is 2. The molecule has 0 aliphatic heterocycles. The van der Waals surface area contributed by atoms with Crippen LogP contribution in [0.3, 0.4) is 0 Å². The van der Waals surface area contributed by atoms with Crippen molar-refractivity contribution in [1.29, 1.82) is 0 Å². The topological polar surface area (TPSA) is 21.2 Å². The van der Waals surface area contributed by atoms with E-state index in [-0.39, 0.29) is 0 Å². The second kappa shape index (κ2) is 7.33. The lowest BCUT2D eigenvalue weighted by Crippen LogP contribution is -2.27. The molecule has 5 aromatic rings. The number of aromatic nitrogens is 3. The van der Waals surface area contributed by atoms with Crippen LogP contribution >= 0.6 is 0 Å². The Bertz CT molecular complexity index is 1450. The lowest BCUT2D eigenvalue weighted by atomic mass is 10.0. The maximum absolute atomic E-state index is 5.20. The largest absolute Gasteiger partial charge is 0.297 e. The lowest BCUT2D eigenvalue weighted by molar-refractivity contribution is -0.617. The van der Waals surface area contributed by atoms with Crippen molar-refractivity contribution in [2.75, 3.05) is 0 Å². The van der Waals surface area contributed by atoms with E-state index in [1.165, 1.54) is 49.8 Å². The van der Waals surface area contributed by atoms with Gasteiger partial charge in [0.1, 0.15) is 5.52 Å². The lowest BCUT2D eigenvalue weighted by Gasteiger charge is -2.10. The van der Waals surface area contributed by atoms with Gasteiger partial charge in [-0.3, -0.25) is 4.98 Å². The summed E-state index contributed by atoms with van der Waals surface area (Å²) in [6.45, 7) is 11.3. The van der Waals surface area contributed by atoms with Crippen molar-refractivity contribution in [3.05, 3.63) is 65.4 Å². The van der Waals surface area contributed by atoms with Crippen molar-refractivity contribution in [3.8, 4) is 0 Å². The molecule has 0 amide bonds. The molecule has 3 aromatic heterocycles. The molecule has 0 aliphatic carbocycles. The first-order valence-electron chi connectivity index (χ1n) is 11.5. The maximum Gasteiger partial charge on any atom is 0.297 e. The van der Waals surface area contributed by atoms with Gasteiger partial charge in [0.2, 0.25) is 0 Å². The number of fused-ring (bicyclic) bond motifs is 8. The van der Waals surface area contributed by atoms with Crippen LogP contribution in [0.4, 0.5) is 0 Å². The molecule has 0 radical (unpaired) electrons. The Morgan fingerprint density at radius 2 is 1.65 bits per heavy atom. The maximum atomic E-state index is 5.20. The Labute approximate surface area is 184 Å². The number of pyridine rings is 2. The minimum absolute atomic E-state index is 0.589. The standard InChI is InChI=1S/C28H32N3/c1-17(2)13-20-11-12-24-25(16-20)31-23-10-8-7-9-22(23)27-26(28(31)30(24)6)19(5)15-21(29-27)14-18(3)4/h7-12,15-18H,13-14H2,1-6H3/q+1. The third-order valence-electron chi connectivity index (χ3n) is 6.33. The van der Waals surface area contributed by atoms with Crippen molar-refractivity contribution in [3.63, 3.8) is 0 Å². The highest BCUT2D eigenvalue weighted by atomic mass is 15.1. The van der Waals surface area contributed by atoms with Crippen LogP contribution in [0.2, 0.25) is 0 Å². The van der Waals surface area contributed by atoms with Crippen LogP contribution in [0.5, 0.6) is 0 Å². The fourth-order valence-corrected chi connectivity index (χ4v) is 5.14. The van der Waals surface area contributed by atoms with E-state index < -0.39 is 0 Å². The fraction of sp³-hybridized carbons (Fsp3) is 0.357. The number of rotatable bonds is 4. The van der Waals surface area contributed by atoms with Gasteiger partial charge in [-0.1, -0.05) is 45.9 Å². The number of hydrogen-bond acceptors (Lipinski definition) is 1. The van der Waals surface area contributed by atoms with E-state index in [0.717, 1.165) is 18.4 Å². The Morgan fingerprint density at radius 3 is 2.39 bits per heavy atom. The molecule has 3 heterocycles. The van der Waals surface area contributed by atoms with Crippen molar-refractivity contribution < 1.29 is 4.57 Å². The van der Waals surface area contributed by atoms with E-state index in [4.69, 9.17) is 4.98 Å². The van der Waals surface area contributed by atoms with E-state index in [2.05, 4.69) is 99.2 Å². The Hall–Kier alpha value is -2.94. The zero-order chi connectivity index (χ0) is 21.9. The SMILES string of the molecule is Cc1cc(CC(C)C)nc2c3ccccc3n3c4cc(CC(C)C)ccc4[n+](C)c3c12. The molecule has 0 unspecified atom stereocenters. The van der Waals surface area contributed by atoms with Gasteiger partial charge in [0.15, 0.2) is 11.0 Å². The normalized spacial score (nSPS) is 12.4. The second-order valence-corrected chi connectivity index (χ2v) is 9.91. The number of imidazole rings is 1. The molecule has 0 bridgehead atoms. The predicted octanol–water partition coefficient (Wildman–Crippen LogP) is 6.32. The van der Waals surface area contributed by atoms with Crippen LogP contribution in [0.15, 0.2) is 48.5 Å². The fourth-order valence-electron chi connectivity index (χ4n) is 5.14. The second-order valence-electron chi connectivity index (χ2n) is 9.91. The van der Waals surface area contributed by atoms with Crippen LogP contribution < -0.4 is 4.57 Å². The Kier molecular flexibility index (Phi) is 4.73. The van der Waals surface area contributed by atoms with E-state index in [1.54, 1.807) is 0 Å². The smallest absolute Gasteiger partial charge is 0.252 e. The molecule has 0 N–H and O–H groups in total.